The molecule has 2 aromatic heterocycles. The van der Waals surface area contributed by atoms with Crippen LogP contribution in [0, 0.1) is 0 Å². The predicted molar refractivity (Wildman–Crippen MR) is 101 cm³/mol. The van der Waals surface area contributed by atoms with E-state index in [0.29, 0.717) is 5.92 Å². The number of fused-ring (bicyclic) bond motifs is 4. The molecule has 0 radical (unpaired) electrons. The number of pyridine rings is 1. The standard InChI is InChI=1S/C21H21NO2S/c1-22-17-8-4-2-6-13(17)16(12-19(22)23)20-15-10-11-25-21(15)14-7-3-5-9-18(14)24-20/h2,4,6,8,10-12,14,18,20H,3,5,7,9H2,1H3/t14-,18-,20-/m0/s1. The summed E-state index contributed by atoms with van der Waals surface area (Å²) in [6.07, 6.45) is 5.05. The van der Waals surface area contributed by atoms with Gasteiger partial charge < -0.3 is 9.30 Å². The van der Waals surface area contributed by atoms with E-state index < -0.39 is 0 Å². The van der Waals surface area contributed by atoms with Crippen molar-refractivity contribution in [3.8, 4) is 0 Å². The van der Waals surface area contributed by atoms with Crippen LogP contribution in [-0.2, 0) is 11.8 Å². The number of ether oxygens (including phenoxy) is 1. The first-order chi connectivity index (χ1) is 12.2. The van der Waals surface area contributed by atoms with Crippen LogP contribution in [0.4, 0.5) is 0 Å². The summed E-state index contributed by atoms with van der Waals surface area (Å²) in [7, 11) is 1.84. The van der Waals surface area contributed by atoms with Crippen molar-refractivity contribution in [3.63, 3.8) is 0 Å². The molecule has 1 aromatic carbocycles. The first kappa shape index (κ1) is 15.4. The van der Waals surface area contributed by atoms with Crippen molar-refractivity contribution >= 4 is 22.2 Å². The van der Waals surface area contributed by atoms with Crippen molar-refractivity contribution < 1.29 is 4.74 Å². The Morgan fingerprint density at radius 3 is 2.88 bits per heavy atom. The van der Waals surface area contributed by atoms with Crippen LogP contribution >= 0.6 is 11.3 Å². The monoisotopic (exact) mass is 351 g/mol. The molecule has 4 heteroatoms. The van der Waals surface area contributed by atoms with Gasteiger partial charge in [-0.2, -0.15) is 0 Å². The van der Waals surface area contributed by atoms with Crippen LogP contribution < -0.4 is 5.56 Å². The number of para-hydroxylation sites is 1. The van der Waals surface area contributed by atoms with E-state index in [1.54, 1.807) is 10.6 Å². The molecular weight excluding hydrogens is 330 g/mol. The van der Waals surface area contributed by atoms with Gasteiger partial charge in [-0.15, -0.1) is 11.3 Å². The van der Waals surface area contributed by atoms with Gasteiger partial charge in [0.25, 0.3) is 5.56 Å². The van der Waals surface area contributed by atoms with Crippen LogP contribution in [0.15, 0.2) is 46.6 Å². The van der Waals surface area contributed by atoms with E-state index in [1.165, 1.54) is 29.7 Å². The number of rotatable bonds is 1. The third-order valence-electron chi connectivity index (χ3n) is 5.83. The van der Waals surface area contributed by atoms with Crippen molar-refractivity contribution in [2.75, 3.05) is 0 Å². The molecule has 0 amide bonds. The van der Waals surface area contributed by atoms with Gasteiger partial charge in [0, 0.05) is 34.9 Å². The van der Waals surface area contributed by atoms with Crippen LogP contribution in [0.2, 0.25) is 0 Å². The van der Waals surface area contributed by atoms with Gasteiger partial charge in [-0.1, -0.05) is 31.0 Å². The highest BCUT2D eigenvalue weighted by Gasteiger charge is 2.39. The zero-order chi connectivity index (χ0) is 17.0. The molecule has 0 N–H and O–H groups in total. The Balaban J connectivity index is 1.73. The zero-order valence-corrected chi connectivity index (χ0v) is 15.1. The van der Waals surface area contributed by atoms with E-state index in [1.807, 2.05) is 36.6 Å². The molecule has 3 nitrogen and oxygen atoms in total. The van der Waals surface area contributed by atoms with Gasteiger partial charge in [0.05, 0.1) is 11.6 Å². The molecule has 2 aliphatic rings. The highest BCUT2D eigenvalue weighted by Crippen LogP contribution is 2.49. The maximum absolute atomic E-state index is 12.5. The van der Waals surface area contributed by atoms with Crippen LogP contribution in [0.25, 0.3) is 10.9 Å². The Kier molecular flexibility index (Phi) is 3.57. The third-order valence-corrected chi connectivity index (χ3v) is 6.89. The number of hydrogen-bond donors (Lipinski definition) is 0. The quantitative estimate of drug-likeness (QED) is 0.634. The molecule has 0 unspecified atom stereocenters. The summed E-state index contributed by atoms with van der Waals surface area (Å²) in [5, 5.41) is 3.29. The van der Waals surface area contributed by atoms with Crippen LogP contribution in [0.3, 0.4) is 0 Å². The molecule has 3 aromatic rings. The van der Waals surface area contributed by atoms with E-state index in [4.69, 9.17) is 4.74 Å². The van der Waals surface area contributed by atoms with Gasteiger partial charge in [0.1, 0.15) is 6.10 Å². The summed E-state index contributed by atoms with van der Waals surface area (Å²) in [4.78, 5) is 14.0. The largest absolute Gasteiger partial charge is 0.365 e. The molecule has 5 rings (SSSR count). The zero-order valence-electron chi connectivity index (χ0n) is 14.3. The highest BCUT2D eigenvalue weighted by atomic mass is 32.1. The second kappa shape index (κ2) is 5.82. The summed E-state index contributed by atoms with van der Waals surface area (Å²) < 4.78 is 8.34. The van der Waals surface area contributed by atoms with Gasteiger partial charge in [-0.3, -0.25) is 4.79 Å². The molecule has 1 saturated carbocycles. The van der Waals surface area contributed by atoms with Crippen molar-refractivity contribution in [1.29, 1.82) is 0 Å². The molecule has 128 valence electrons. The van der Waals surface area contributed by atoms with Crippen molar-refractivity contribution in [2.45, 2.75) is 43.8 Å². The minimum Gasteiger partial charge on any atom is -0.365 e. The summed E-state index contributed by atoms with van der Waals surface area (Å²) in [5.74, 6) is 0.540. The fraction of sp³-hybridized carbons (Fsp3) is 0.381. The summed E-state index contributed by atoms with van der Waals surface area (Å²) >= 11 is 1.86. The summed E-state index contributed by atoms with van der Waals surface area (Å²) in [5.41, 5.74) is 3.28. The molecule has 1 aliphatic heterocycles. The number of aromatic nitrogens is 1. The molecule has 1 fully saturated rings. The Bertz CT molecular complexity index is 1000. The molecule has 1 aliphatic carbocycles. The highest BCUT2D eigenvalue weighted by molar-refractivity contribution is 7.10. The van der Waals surface area contributed by atoms with E-state index in [2.05, 4.69) is 17.5 Å². The lowest BCUT2D eigenvalue weighted by Crippen LogP contribution is -2.33. The topological polar surface area (TPSA) is 31.2 Å². The molecule has 0 bridgehead atoms. The minimum absolute atomic E-state index is 0.0276. The molecule has 3 heterocycles. The lowest BCUT2D eigenvalue weighted by Gasteiger charge is -2.39. The average Bonchev–Trinajstić information content (AvgIpc) is 3.14. The second-order valence-corrected chi connectivity index (χ2v) is 8.15. The van der Waals surface area contributed by atoms with Gasteiger partial charge in [0.2, 0.25) is 0 Å². The number of aryl methyl sites for hydroxylation is 1. The number of nitrogens with zero attached hydrogens (tertiary/aromatic N) is 1. The summed E-state index contributed by atoms with van der Waals surface area (Å²) in [6.45, 7) is 0. The van der Waals surface area contributed by atoms with Gasteiger partial charge in [0.15, 0.2) is 0 Å². The normalized spacial score (nSPS) is 25.6. The fourth-order valence-corrected chi connectivity index (χ4v) is 5.67. The first-order valence-electron chi connectivity index (χ1n) is 9.05. The Labute approximate surface area is 150 Å². The number of thiophene rings is 1. The molecule has 3 atom stereocenters. The van der Waals surface area contributed by atoms with Crippen LogP contribution in [0.5, 0.6) is 0 Å². The van der Waals surface area contributed by atoms with E-state index in [9.17, 15) is 4.79 Å². The second-order valence-electron chi connectivity index (χ2n) is 7.20. The third kappa shape index (κ3) is 2.31. The lowest BCUT2D eigenvalue weighted by molar-refractivity contribution is -0.0368. The fourth-order valence-electron chi connectivity index (χ4n) is 4.55. The smallest absolute Gasteiger partial charge is 0.251 e. The van der Waals surface area contributed by atoms with E-state index in [-0.39, 0.29) is 17.8 Å². The molecule has 25 heavy (non-hydrogen) atoms. The summed E-state index contributed by atoms with van der Waals surface area (Å²) in [6, 6.07) is 12.1. The average molecular weight is 351 g/mol. The minimum atomic E-state index is -0.126. The molecular formula is C21H21NO2S. The maximum atomic E-state index is 12.5. The Morgan fingerprint density at radius 2 is 1.96 bits per heavy atom. The predicted octanol–water partition coefficient (Wildman–Crippen LogP) is 4.75. The first-order valence-corrected chi connectivity index (χ1v) is 9.93. The van der Waals surface area contributed by atoms with Gasteiger partial charge in [-0.05, 0) is 35.9 Å². The maximum Gasteiger partial charge on any atom is 0.251 e. The number of hydrogen-bond acceptors (Lipinski definition) is 3. The molecule has 0 saturated heterocycles. The van der Waals surface area contributed by atoms with Crippen molar-refractivity contribution in [1.82, 2.24) is 4.57 Å². The van der Waals surface area contributed by atoms with Crippen molar-refractivity contribution in [3.05, 3.63) is 68.1 Å². The van der Waals surface area contributed by atoms with E-state index in [0.717, 1.165) is 22.9 Å². The van der Waals surface area contributed by atoms with Crippen molar-refractivity contribution in [2.24, 2.45) is 7.05 Å². The Hall–Kier alpha value is -1.91. The van der Waals surface area contributed by atoms with Crippen LogP contribution in [0.1, 0.15) is 53.7 Å². The Morgan fingerprint density at radius 1 is 1.12 bits per heavy atom. The van der Waals surface area contributed by atoms with Gasteiger partial charge in [-0.25, -0.2) is 0 Å². The van der Waals surface area contributed by atoms with Gasteiger partial charge >= 0.3 is 0 Å². The lowest BCUT2D eigenvalue weighted by atomic mass is 9.80. The number of benzene rings is 1. The SMILES string of the molecule is Cn1c(=O)cc([C@H]2O[C@H]3CCCC[C@@H]3c3sccc32)c2ccccc21. The molecule has 0 spiro atoms. The van der Waals surface area contributed by atoms with Crippen LogP contribution in [-0.4, -0.2) is 10.7 Å². The van der Waals surface area contributed by atoms with E-state index >= 15 is 0 Å².